The van der Waals surface area contributed by atoms with Crippen LogP contribution in [0, 0.1) is 0 Å². The number of hydrogen-bond acceptors (Lipinski definition) is 0. The summed E-state index contributed by atoms with van der Waals surface area (Å²) >= 11 is 0. The molecule has 0 aliphatic carbocycles. The van der Waals surface area contributed by atoms with Gasteiger partial charge in [0.15, 0.2) is 0 Å². The minimum absolute atomic E-state index is 0. The standard InChI is InChI=1S/H6NSi2.Na/c2-1-3;/h2-3H3;/q-1;+1. The van der Waals surface area contributed by atoms with Gasteiger partial charge >= 0.3 is 29.6 Å². The van der Waals surface area contributed by atoms with Crippen molar-refractivity contribution in [3.05, 3.63) is 4.65 Å². The van der Waals surface area contributed by atoms with Crippen molar-refractivity contribution in [2.24, 2.45) is 0 Å². The molecule has 1 nitrogen and oxygen atoms in total. The van der Waals surface area contributed by atoms with Gasteiger partial charge in [-0.3, -0.25) is 0 Å². The Labute approximate surface area is 54.8 Å². The van der Waals surface area contributed by atoms with Crippen LogP contribution < -0.4 is 29.6 Å². The van der Waals surface area contributed by atoms with Gasteiger partial charge in [0, 0.05) is 0 Å². The molecule has 0 fully saturated rings. The number of nitrogens with zero attached hydrogens (tertiary/aromatic N) is 1. The van der Waals surface area contributed by atoms with Crippen molar-refractivity contribution in [1.82, 2.24) is 0 Å². The third-order valence-corrected chi connectivity index (χ3v) is 0. The minimum atomic E-state index is 0. The summed E-state index contributed by atoms with van der Waals surface area (Å²) in [6.45, 7) is 0. The molecule has 0 bridgehead atoms. The van der Waals surface area contributed by atoms with E-state index < -0.39 is 0 Å². The largest absolute Gasteiger partial charge is 1.00 e. The zero-order valence-corrected chi connectivity index (χ0v) is 9.45. The summed E-state index contributed by atoms with van der Waals surface area (Å²) in [5.74, 6) is 0. The van der Waals surface area contributed by atoms with Gasteiger partial charge in [0.2, 0.25) is 0 Å². The van der Waals surface area contributed by atoms with Crippen LogP contribution in [0.15, 0.2) is 0 Å². The van der Waals surface area contributed by atoms with Gasteiger partial charge in [0.1, 0.15) is 0 Å². The van der Waals surface area contributed by atoms with Crippen LogP contribution in [0.2, 0.25) is 0 Å². The van der Waals surface area contributed by atoms with Crippen molar-refractivity contribution in [3.63, 3.8) is 0 Å². The summed E-state index contributed by atoms with van der Waals surface area (Å²) < 4.78 is 3.78. The molecule has 0 aromatic rings. The van der Waals surface area contributed by atoms with E-state index in [-0.39, 0.29) is 29.6 Å². The molecule has 0 radical (unpaired) electrons. The minimum Gasteiger partial charge on any atom is -0.682 e. The van der Waals surface area contributed by atoms with Gasteiger partial charge in [0.25, 0.3) is 0 Å². The van der Waals surface area contributed by atoms with Crippen LogP contribution >= 0.6 is 0 Å². The summed E-state index contributed by atoms with van der Waals surface area (Å²) in [5, 5.41) is 0. The van der Waals surface area contributed by atoms with Gasteiger partial charge in [0.05, 0.1) is 0 Å². The van der Waals surface area contributed by atoms with Gasteiger partial charge in [-0.05, 0) is 0 Å². The van der Waals surface area contributed by atoms with Gasteiger partial charge in [-0.1, -0.05) is 0 Å². The summed E-state index contributed by atoms with van der Waals surface area (Å²) in [6.07, 6.45) is 0. The van der Waals surface area contributed by atoms with Crippen LogP contribution in [0.5, 0.6) is 0 Å². The Morgan fingerprint density at radius 3 is 1.25 bits per heavy atom. The summed E-state index contributed by atoms with van der Waals surface area (Å²) in [5.41, 5.74) is 0. The molecule has 0 aliphatic heterocycles. The van der Waals surface area contributed by atoms with E-state index >= 15 is 0 Å². The van der Waals surface area contributed by atoms with E-state index in [9.17, 15) is 0 Å². The van der Waals surface area contributed by atoms with E-state index in [4.69, 9.17) is 0 Å². The maximum absolute atomic E-state index is 3.78. The fourth-order valence-corrected chi connectivity index (χ4v) is 0. The van der Waals surface area contributed by atoms with E-state index in [1.54, 1.807) is 0 Å². The van der Waals surface area contributed by atoms with Gasteiger partial charge in [-0.25, -0.2) is 0 Å². The quantitative estimate of drug-likeness (QED) is 0.270. The second-order valence-electron chi connectivity index (χ2n) is 0.447. The van der Waals surface area contributed by atoms with E-state index in [2.05, 4.69) is 4.65 Å². The molecule has 4 heteroatoms. The third-order valence-electron chi connectivity index (χ3n) is 0. The zero-order valence-electron chi connectivity index (χ0n) is 3.45. The molecule has 0 rings (SSSR count). The maximum Gasteiger partial charge on any atom is 1.00 e. The Balaban J connectivity index is 0. The summed E-state index contributed by atoms with van der Waals surface area (Å²) in [6, 6.07) is 0. The molecule has 0 unspecified atom stereocenters. The predicted molar refractivity (Wildman–Crippen MR) is 23.2 cm³/mol. The van der Waals surface area contributed by atoms with Crippen molar-refractivity contribution in [1.29, 1.82) is 0 Å². The second-order valence-corrected chi connectivity index (χ2v) is 4.02. The fraction of sp³-hybridized carbons (Fsp3) is 0. The first-order valence-corrected chi connectivity index (χ1v) is 2.68. The molecule has 0 aromatic carbocycles. The second kappa shape index (κ2) is 8.83. The first kappa shape index (κ1) is 9.04. The molecule has 0 saturated heterocycles. The van der Waals surface area contributed by atoms with Gasteiger partial charge in [-0.15, -0.1) is 20.8 Å². The monoisotopic (exact) mass is 99.0 g/mol. The van der Waals surface area contributed by atoms with E-state index in [0.29, 0.717) is 0 Å². The number of hydrogen-bond donors (Lipinski definition) is 0. The Morgan fingerprint density at radius 2 is 1.25 bits per heavy atom. The first-order valence-electron chi connectivity index (χ1n) is 0.894. The SMILES string of the molecule is [Na+].[SiH3][N-][SiH3]. The molecule has 0 aromatic heterocycles. The van der Waals surface area contributed by atoms with Gasteiger partial charge in [-0.2, -0.15) is 0 Å². The van der Waals surface area contributed by atoms with Crippen molar-refractivity contribution in [3.8, 4) is 0 Å². The Kier molecular flexibility index (Phi) is 20.0. The Morgan fingerprint density at radius 1 is 1.25 bits per heavy atom. The van der Waals surface area contributed by atoms with E-state index in [0.717, 1.165) is 20.8 Å². The molecular weight excluding hydrogens is 93.2 g/mol. The van der Waals surface area contributed by atoms with E-state index in [1.807, 2.05) is 0 Å². The zero-order chi connectivity index (χ0) is 2.71. The van der Waals surface area contributed by atoms with Crippen LogP contribution in [-0.2, 0) is 0 Å². The van der Waals surface area contributed by atoms with Crippen molar-refractivity contribution < 1.29 is 29.6 Å². The van der Waals surface area contributed by atoms with E-state index in [1.165, 1.54) is 0 Å². The topological polar surface area (TPSA) is 14.1 Å². The van der Waals surface area contributed by atoms with Crippen molar-refractivity contribution in [2.75, 3.05) is 0 Å². The Bertz CT molecular complexity index is 6.00. The van der Waals surface area contributed by atoms with Crippen LogP contribution in [0.4, 0.5) is 0 Å². The molecule has 0 aliphatic rings. The predicted octanol–water partition coefficient (Wildman–Crippen LogP) is -5.08. The van der Waals surface area contributed by atoms with Crippen LogP contribution in [-0.4, -0.2) is 20.8 Å². The third kappa shape index (κ3) is 10.0. The van der Waals surface area contributed by atoms with Crippen LogP contribution in [0.1, 0.15) is 0 Å². The molecule has 20 valence electrons. The van der Waals surface area contributed by atoms with Gasteiger partial charge < -0.3 is 4.65 Å². The molecule has 0 saturated carbocycles. The smallest absolute Gasteiger partial charge is 0.682 e. The molecule has 4 heavy (non-hydrogen) atoms. The normalized spacial score (nSPS) is 6.00. The molecule has 0 spiro atoms. The molecule has 0 amide bonds. The summed E-state index contributed by atoms with van der Waals surface area (Å²) in [7, 11) is 2.11. The molecule has 0 atom stereocenters. The van der Waals surface area contributed by atoms with Crippen LogP contribution in [0.25, 0.3) is 4.65 Å². The fourth-order valence-electron chi connectivity index (χ4n) is 0. The molecule has 0 N–H and O–H groups in total. The molecular formula is H6NNaSi2. The summed E-state index contributed by atoms with van der Waals surface area (Å²) in [4.78, 5) is 0. The Hall–Kier alpha value is 1.39. The first-order chi connectivity index (χ1) is 1.41. The maximum atomic E-state index is 3.78. The number of rotatable bonds is 0. The van der Waals surface area contributed by atoms with Crippen molar-refractivity contribution >= 4 is 20.8 Å². The van der Waals surface area contributed by atoms with Crippen LogP contribution in [0.3, 0.4) is 0 Å². The average Bonchev–Trinajstić information content (AvgIpc) is 0.918. The molecule has 0 heterocycles. The van der Waals surface area contributed by atoms with Crippen molar-refractivity contribution in [2.45, 2.75) is 0 Å². The average molecular weight is 99.2 g/mol.